The Labute approximate surface area is 99.7 Å². The molecule has 0 radical (unpaired) electrons. The zero-order valence-electron chi connectivity index (χ0n) is 10.8. The van der Waals surface area contributed by atoms with Gasteiger partial charge in [-0.05, 0) is 32.9 Å². The van der Waals surface area contributed by atoms with Crippen LogP contribution < -0.4 is 5.73 Å². The molecular formula is C12H27N3O. The molecular weight excluding hydrogens is 202 g/mol. The van der Waals surface area contributed by atoms with Crippen molar-refractivity contribution in [2.24, 2.45) is 5.73 Å². The van der Waals surface area contributed by atoms with E-state index in [2.05, 4.69) is 16.7 Å². The monoisotopic (exact) mass is 229 g/mol. The average Bonchev–Trinajstić information content (AvgIpc) is 2.31. The molecule has 96 valence electrons. The summed E-state index contributed by atoms with van der Waals surface area (Å²) in [6.45, 7) is 9.98. The van der Waals surface area contributed by atoms with Gasteiger partial charge >= 0.3 is 0 Å². The number of unbranched alkanes of at least 4 members (excludes halogenated alkanes) is 1. The van der Waals surface area contributed by atoms with E-state index in [0.717, 1.165) is 19.5 Å². The molecule has 1 atom stereocenters. The number of rotatable bonds is 7. The van der Waals surface area contributed by atoms with Crippen LogP contribution in [0.5, 0.6) is 0 Å². The minimum Gasteiger partial charge on any atom is -0.380 e. The normalized spacial score (nSPS) is 21.2. The zero-order valence-corrected chi connectivity index (χ0v) is 10.8. The molecule has 2 N–H and O–H groups in total. The Kier molecular flexibility index (Phi) is 6.96. The Balaban J connectivity index is 2.08. The van der Waals surface area contributed by atoms with Crippen LogP contribution >= 0.6 is 0 Å². The summed E-state index contributed by atoms with van der Waals surface area (Å²) in [5, 5.41) is 0. The van der Waals surface area contributed by atoms with Gasteiger partial charge in [-0.25, -0.2) is 0 Å². The highest BCUT2D eigenvalue weighted by Gasteiger charge is 2.17. The summed E-state index contributed by atoms with van der Waals surface area (Å²) in [6, 6.07) is 0. The second-order valence-corrected chi connectivity index (χ2v) is 4.68. The lowest BCUT2D eigenvalue weighted by Crippen LogP contribution is -2.48. The molecule has 0 aromatic carbocycles. The van der Waals surface area contributed by atoms with Crippen molar-refractivity contribution in [2.45, 2.75) is 25.9 Å². The second kappa shape index (κ2) is 8.01. The van der Waals surface area contributed by atoms with E-state index in [0.29, 0.717) is 6.10 Å². The number of piperazine rings is 1. The molecule has 1 fully saturated rings. The van der Waals surface area contributed by atoms with Crippen molar-refractivity contribution in [3.63, 3.8) is 0 Å². The maximum absolute atomic E-state index is 5.50. The van der Waals surface area contributed by atoms with Crippen LogP contribution in [-0.2, 0) is 4.74 Å². The Morgan fingerprint density at radius 2 is 1.75 bits per heavy atom. The smallest absolute Gasteiger partial charge is 0.0670 e. The fraction of sp³-hybridized carbons (Fsp3) is 1.00. The topological polar surface area (TPSA) is 41.7 Å². The average molecular weight is 229 g/mol. The Morgan fingerprint density at radius 1 is 1.12 bits per heavy atom. The minimum atomic E-state index is 0.351. The fourth-order valence-corrected chi connectivity index (χ4v) is 2.11. The van der Waals surface area contributed by atoms with Crippen LogP contribution in [-0.4, -0.2) is 68.8 Å². The lowest BCUT2D eigenvalue weighted by Gasteiger charge is -2.35. The summed E-state index contributed by atoms with van der Waals surface area (Å²) in [5.41, 5.74) is 5.50. The van der Waals surface area contributed by atoms with E-state index in [1.54, 1.807) is 7.11 Å². The van der Waals surface area contributed by atoms with Gasteiger partial charge in [0.15, 0.2) is 0 Å². The summed E-state index contributed by atoms with van der Waals surface area (Å²) in [4.78, 5) is 5.04. The molecule has 4 heteroatoms. The van der Waals surface area contributed by atoms with E-state index in [1.165, 1.54) is 39.1 Å². The van der Waals surface area contributed by atoms with Crippen LogP contribution in [0.2, 0.25) is 0 Å². The van der Waals surface area contributed by atoms with Gasteiger partial charge in [-0.3, -0.25) is 4.90 Å². The van der Waals surface area contributed by atoms with Crippen molar-refractivity contribution in [3.05, 3.63) is 0 Å². The van der Waals surface area contributed by atoms with Gasteiger partial charge in [-0.15, -0.1) is 0 Å². The van der Waals surface area contributed by atoms with Crippen molar-refractivity contribution >= 4 is 0 Å². The van der Waals surface area contributed by atoms with E-state index in [-0.39, 0.29) is 0 Å². The number of hydrogen-bond acceptors (Lipinski definition) is 4. The van der Waals surface area contributed by atoms with Gasteiger partial charge in [0, 0.05) is 39.8 Å². The summed E-state index contributed by atoms with van der Waals surface area (Å²) in [7, 11) is 1.79. The molecule has 1 rings (SSSR count). The third kappa shape index (κ3) is 5.25. The Bertz CT molecular complexity index is 170. The van der Waals surface area contributed by atoms with Crippen LogP contribution in [0.4, 0.5) is 0 Å². The van der Waals surface area contributed by atoms with E-state index >= 15 is 0 Å². The number of nitrogens with two attached hydrogens (primary N) is 1. The maximum Gasteiger partial charge on any atom is 0.0670 e. The molecule has 0 aromatic heterocycles. The van der Waals surface area contributed by atoms with Crippen molar-refractivity contribution in [1.82, 2.24) is 9.80 Å². The second-order valence-electron chi connectivity index (χ2n) is 4.68. The lowest BCUT2D eigenvalue weighted by atomic mass is 10.2. The zero-order chi connectivity index (χ0) is 11.8. The predicted octanol–water partition coefficient (Wildman–Crippen LogP) is 0.378. The molecule has 1 aliphatic heterocycles. The number of ether oxygens (including phenoxy) is 1. The minimum absolute atomic E-state index is 0.351. The number of nitrogens with zero attached hydrogens (tertiary/aromatic N) is 2. The first-order valence-electron chi connectivity index (χ1n) is 6.44. The third-order valence-corrected chi connectivity index (χ3v) is 3.31. The van der Waals surface area contributed by atoms with Crippen molar-refractivity contribution in [1.29, 1.82) is 0 Å². The van der Waals surface area contributed by atoms with Crippen LogP contribution in [0.25, 0.3) is 0 Å². The number of hydrogen-bond donors (Lipinski definition) is 1. The first-order chi connectivity index (χ1) is 7.76. The standard InChI is InChI=1S/C12H27N3O/c1-12(16-2)11-15-9-7-14(8-10-15)6-4-3-5-13/h12H,3-11,13H2,1-2H3. The molecule has 4 nitrogen and oxygen atoms in total. The van der Waals surface area contributed by atoms with Gasteiger partial charge in [-0.2, -0.15) is 0 Å². The molecule has 1 saturated heterocycles. The van der Waals surface area contributed by atoms with Gasteiger partial charge in [-0.1, -0.05) is 0 Å². The molecule has 0 aromatic rings. The highest BCUT2D eigenvalue weighted by Crippen LogP contribution is 2.04. The first-order valence-corrected chi connectivity index (χ1v) is 6.44. The lowest BCUT2D eigenvalue weighted by molar-refractivity contribution is 0.0523. The van der Waals surface area contributed by atoms with Crippen molar-refractivity contribution in [2.75, 3.05) is 52.9 Å². The van der Waals surface area contributed by atoms with Gasteiger partial charge in [0.2, 0.25) is 0 Å². The molecule has 16 heavy (non-hydrogen) atoms. The van der Waals surface area contributed by atoms with Crippen molar-refractivity contribution < 1.29 is 4.74 Å². The highest BCUT2D eigenvalue weighted by molar-refractivity contribution is 4.73. The molecule has 0 spiro atoms. The largest absolute Gasteiger partial charge is 0.380 e. The Morgan fingerprint density at radius 3 is 2.31 bits per heavy atom. The molecule has 0 amide bonds. The predicted molar refractivity (Wildman–Crippen MR) is 67.6 cm³/mol. The molecule has 0 aliphatic carbocycles. The highest BCUT2D eigenvalue weighted by atomic mass is 16.5. The van der Waals surface area contributed by atoms with E-state index in [4.69, 9.17) is 10.5 Å². The first kappa shape index (κ1) is 13.9. The quantitative estimate of drug-likeness (QED) is 0.641. The molecule has 0 bridgehead atoms. The van der Waals surface area contributed by atoms with E-state index < -0.39 is 0 Å². The van der Waals surface area contributed by atoms with Crippen LogP contribution in [0.3, 0.4) is 0 Å². The van der Waals surface area contributed by atoms with Crippen molar-refractivity contribution in [3.8, 4) is 0 Å². The molecule has 1 aliphatic rings. The number of methoxy groups -OCH3 is 1. The van der Waals surface area contributed by atoms with E-state index in [1.807, 2.05) is 0 Å². The SMILES string of the molecule is COC(C)CN1CCN(CCCCN)CC1. The van der Waals surface area contributed by atoms with Gasteiger partial charge < -0.3 is 15.4 Å². The van der Waals surface area contributed by atoms with Crippen LogP contribution in [0.1, 0.15) is 19.8 Å². The summed E-state index contributed by atoms with van der Waals surface area (Å²) >= 11 is 0. The van der Waals surface area contributed by atoms with Gasteiger partial charge in [0.05, 0.1) is 6.10 Å². The molecule has 0 saturated carbocycles. The maximum atomic E-state index is 5.50. The summed E-state index contributed by atoms with van der Waals surface area (Å²) in [6.07, 6.45) is 2.75. The van der Waals surface area contributed by atoms with Gasteiger partial charge in [0.25, 0.3) is 0 Å². The van der Waals surface area contributed by atoms with E-state index in [9.17, 15) is 0 Å². The fourth-order valence-electron chi connectivity index (χ4n) is 2.11. The summed E-state index contributed by atoms with van der Waals surface area (Å²) in [5.74, 6) is 0. The molecule has 1 heterocycles. The molecule has 1 unspecified atom stereocenters. The van der Waals surface area contributed by atoms with Crippen LogP contribution in [0, 0.1) is 0 Å². The van der Waals surface area contributed by atoms with Crippen LogP contribution in [0.15, 0.2) is 0 Å². The Hall–Kier alpha value is -0.160. The van der Waals surface area contributed by atoms with Gasteiger partial charge in [0.1, 0.15) is 0 Å². The summed E-state index contributed by atoms with van der Waals surface area (Å²) < 4.78 is 5.29. The third-order valence-electron chi connectivity index (χ3n) is 3.31.